The smallest absolute Gasteiger partial charge is 0.303 e. The molecule has 0 aromatic heterocycles. The largest absolute Gasteiger partial charge is 0.329 e. The van der Waals surface area contributed by atoms with E-state index >= 15 is 0 Å². The van der Waals surface area contributed by atoms with Gasteiger partial charge in [-0.15, -0.1) is 0 Å². The van der Waals surface area contributed by atoms with Gasteiger partial charge in [-0.25, -0.2) is 4.79 Å². The first-order valence-electron chi connectivity index (χ1n) is 8.75. The van der Waals surface area contributed by atoms with Gasteiger partial charge in [-0.2, -0.15) is 0 Å². The van der Waals surface area contributed by atoms with Crippen LogP contribution in [0.25, 0.3) is 6.08 Å². The molecule has 0 radical (unpaired) electrons. The van der Waals surface area contributed by atoms with Crippen molar-refractivity contribution in [1.82, 2.24) is 10.2 Å². The molecule has 26 heavy (non-hydrogen) atoms. The van der Waals surface area contributed by atoms with E-state index in [-0.39, 0.29) is 23.9 Å². The number of carbonyl (C=O) groups is 2. The van der Waals surface area contributed by atoms with E-state index in [4.69, 9.17) is 0 Å². The first kappa shape index (κ1) is 17.9. The van der Waals surface area contributed by atoms with Gasteiger partial charge in [0.15, 0.2) is 0 Å². The Morgan fingerprint density at radius 1 is 1.04 bits per heavy atom. The van der Waals surface area contributed by atoms with Crippen LogP contribution in [0.1, 0.15) is 43.0 Å². The molecule has 1 saturated heterocycles. The van der Waals surface area contributed by atoms with E-state index in [2.05, 4.69) is 38.2 Å². The SMILES string of the molecule is Cc1cccc(CN2C(=O)N/C(=C/c3ccc(C(C)(C)C)cc3)C2=O)c1. The molecule has 0 bridgehead atoms. The molecule has 4 heteroatoms. The highest BCUT2D eigenvalue weighted by atomic mass is 16.2. The second-order valence-corrected chi connectivity index (χ2v) is 7.74. The number of amides is 3. The van der Waals surface area contributed by atoms with Gasteiger partial charge in [-0.1, -0.05) is 74.9 Å². The van der Waals surface area contributed by atoms with E-state index in [1.165, 1.54) is 10.5 Å². The maximum atomic E-state index is 12.6. The molecule has 3 amide bonds. The predicted octanol–water partition coefficient (Wildman–Crippen LogP) is 4.39. The van der Waals surface area contributed by atoms with Crippen molar-refractivity contribution in [3.05, 3.63) is 76.5 Å². The van der Waals surface area contributed by atoms with Crippen molar-refractivity contribution in [2.75, 3.05) is 0 Å². The zero-order valence-corrected chi connectivity index (χ0v) is 15.7. The van der Waals surface area contributed by atoms with Gasteiger partial charge in [0.1, 0.15) is 5.70 Å². The maximum absolute atomic E-state index is 12.6. The van der Waals surface area contributed by atoms with Crippen LogP contribution in [0.2, 0.25) is 0 Å². The summed E-state index contributed by atoms with van der Waals surface area (Å²) < 4.78 is 0. The van der Waals surface area contributed by atoms with Crippen LogP contribution >= 0.6 is 0 Å². The summed E-state index contributed by atoms with van der Waals surface area (Å²) in [6.45, 7) is 8.73. The first-order chi connectivity index (χ1) is 12.2. The number of carbonyl (C=O) groups excluding carboxylic acids is 2. The van der Waals surface area contributed by atoms with Gasteiger partial charge < -0.3 is 5.32 Å². The third-order valence-corrected chi connectivity index (χ3v) is 4.47. The van der Waals surface area contributed by atoms with Crippen LogP contribution in [0, 0.1) is 6.92 Å². The minimum atomic E-state index is -0.380. The molecule has 3 rings (SSSR count). The maximum Gasteiger partial charge on any atom is 0.329 e. The summed E-state index contributed by atoms with van der Waals surface area (Å²) in [6.07, 6.45) is 1.73. The minimum Gasteiger partial charge on any atom is -0.303 e. The molecule has 0 atom stereocenters. The predicted molar refractivity (Wildman–Crippen MR) is 103 cm³/mol. The van der Waals surface area contributed by atoms with E-state index in [0.717, 1.165) is 16.7 Å². The van der Waals surface area contributed by atoms with Crippen LogP contribution in [0.15, 0.2) is 54.2 Å². The number of aryl methyl sites for hydroxylation is 1. The third-order valence-electron chi connectivity index (χ3n) is 4.47. The van der Waals surface area contributed by atoms with Gasteiger partial charge in [0.25, 0.3) is 5.91 Å². The molecule has 1 fully saturated rings. The van der Waals surface area contributed by atoms with Gasteiger partial charge in [0.2, 0.25) is 0 Å². The summed E-state index contributed by atoms with van der Waals surface area (Å²) >= 11 is 0. The number of nitrogens with one attached hydrogen (secondary N) is 1. The monoisotopic (exact) mass is 348 g/mol. The summed E-state index contributed by atoms with van der Waals surface area (Å²) in [5.41, 5.74) is 4.54. The molecule has 2 aromatic rings. The fourth-order valence-electron chi connectivity index (χ4n) is 2.95. The van der Waals surface area contributed by atoms with Gasteiger partial charge >= 0.3 is 6.03 Å². The Morgan fingerprint density at radius 3 is 2.35 bits per heavy atom. The Balaban J connectivity index is 1.78. The lowest BCUT2D eigenvalue weighted by Gasteiger charge is -2.18. The van der Waals surface area contributed by atoms with Gasteiger partial charge in [0.05, 0.1) is 6.54 Å². The van der Waals surface area contributed by atoms with Gasteiger partial charge in [-0.05, 0) is 35.1 Å². The molecule has 0 spiro atoms. The molecule has 2 aromatic carbocycles. The molecule has 134 valence electrons. The standard InChI is InChI=1S/C22H24N2O2/c1-15-6-5-7-17(12-15)14-24-20(25)19(23-21(24)26)13-16-8-10-18(11-9-16)22(2,3)4/h5-13H,14H2,1-4H3,(H,23,26)/b19-13+. The number of nitrogens with zero attached hydrogens (tertiary/aromatic N) is 1. The van der Waals surface area contributed by atoms with Crippen LogP contribution in [-0.4, -0.2) is 16.8 Å². The van der Waals surface area contributed by atoms with Crippen molar-refractivity contribution in [3.8, 4) is 0 Å². The molecular formula is C22H24N2O2. The molecule has 1 aliphatic heterocycles. The number of imide groups is 1. The molecule has 1 N–H and O–H groups in total. The normalized spacial score (nSPS) is 16.3. The molecule has 4 nitrogen and oxygen atoms in total. The van der Waals surface area contributed by atoms with Crippen LogP contribution in [-0.2, 0) is 16.8 Å². The lowest BCUT2D eigenvalue weighted by Crippen LogP contribution is -2.30. The number of rotatable bonds is 3. The summed E-state index contributed by atoms with van der Waals surface area (Å²) in [5.74, 6) is -0.295. The molecule has 0 saturated carbocycles. The van der Waals surface area contributed by atoms with E-state index in [0.29, 0.717) is 5.70 Å². The quantitative estimate of drug-likeness (QED) is 0.661. The van der Waals surface area contributed by atoms with Crippen molar-refractivity contribution >= 4 is 18.0 Å². The summed E-state index contributed by atoms with van der Waals surface area (Å²) in [5, 5.41) is 2.68. The zero-order valence-electron chi connectivity index (χ0n) is 15.7. The van der Waals surface area contributed by atoms with E-state index in [1.807, 2.05) is 43.3 Å². The van der Waals surface area contributed by atoms with Crippen LogP contribution in [0.4, 0.5) is 4.79 Å². The Bertz CT molecular complexity index is 874. The van der Waals surface area contributed by atoms with Crippen molar-refractivity contribution in [3.63, 3.8) is 0 Å². The molecule has 1 aliphatic rings. The molecule has 0 unspecified atom stereocenters. The number of urea groups is 1. The highest BCUT2D eigenvalue weighted by molar-refractivity contribution is 6.13. The van der Waals surface area contributed by atoms with Crippen molar-refractivity contribution in [1.29, 1.82) is 0 Å². The van der Waals surface area contributed by atoms with Crippen LogP contribution in [0.5, 0.6) is 0 Å². The highest BCUT2D eigenvalue weighted by Gasteiger charge is 2.33. The van der Waals surface area contributed by atoms with Crippen molar-refractivity contribution in [2.45, 2.75) is 39.7 Å². The summed E-state index contributed by atoms with van der Waals surface area (Å²) in [4.78, 5) is 26.1. The second-order valence-electron chi connectivity index (χ2n) is 7.74. The minimum absolute atomic E-state index is 0.0771. The fraction of sp³-hybridized carbons (Fsp3) is 0.273. The highest BCUT2D eigenvalue weighted by Crippen LogP contribution is 2.23. The van der Waals surface area contributed by atoms with Crippen molar-refractivity contribution < 1.29 is 9.59 Å². The Kier molecular flexibility index (Phi) is 4.68. The third kappa shape index (κ3) is 3.85. The average Bonchev–Trinajstić information content (AvgIpc) is 2.82. The Morgan fingerprint density at radius 2 is 1.73 bits per heavy atom. The van der Waals surface area contributed by atoms with Crippen molar-refractivity contribution in [2.24, 2.45) is 0 Å². The zero-order chi connectivity index (χ0) is 18.9. The topological polar surface area (TPSA) is 49.4 Å². The first-order valence-corrected chi connectivity index (χ1v) is 8.75. The molecule has 1 heterocycles. The van der Waals surface area contributed by atoms with E-state index < -0.39 is 0 Å². The van der Waals surface area contributed by atoms with Gasteiger partial charge in [0, 0.05) is 0 Å². The lowest BCUT2D eigenvalue weighted by molar-refractivity contribution is -0.123. The summed E-state index contributed by atoms with van der Waals surface area (Å²) in [6, 6.07) is 15.5. The van der Waals surface area contributed by atoms with Crippen LogP contribution < -0.4 is 5.32 Å². The Labute approximate surface area is 154 Å². The number of hydrogen-bond acceptors (Lipinski definition) is 2. The lowest BCUT2D eigenvalue weighted by atomic mass is 9.87. The molecule has 0 aliphatic carbocycles. The number of benzene rings is 2. The number of hydrogen-bond donors (Lipinski definition) is 1. The Hall–Kier alpha value is -2.88. The van der Waals surface area contributed by atoms with Gasteiger partial charge in [-0.3, -0.25) is 9.69 Å². The van der Waals surface area contributed by atoms with E-state index in [1.54, 1.807) is 6.08 Å². The average molecular weight is 348 g/mol. The molecular weight excluding hydrogens is 324 g/mol. The fourth-order valence-corrected chi connectivity index (χ4v) is 2.95. The second kappa shape index (κ2) is 6.79. The summed E-state index contributed by atoms with van der Waals surface area (Å²) in [7, 11) is 0. The van der Waals surface area contributed by atoms with Crippen LogP contribution in [0.3, 0.4) is 0 Å². The van der Waals surface area contributed by atoms with E-state index in [9.17, 15) is 9.59 Å².